The lowest BCUT2D eigenvalue weighted by Crippen LogP contribution is -2.87. The molecule has 0 N–H and O–H groups in total. The highest BCUT2D eigenvalue weighted by Gasteiger charge is 2.57. The minimum Gasteiger partial charge on any atom is -0.329 e. The van der Waals surface area contributed by atoms with Crippen molar-refractivity contribution in [2.75, 3.05) is 14.1 Å². The van der Waals surface area contributed by atoms with Crippen molar-refractivity contribution in [3.63, 3.8) is 0 Å². The normalized spacial score (nSPS) is 27.2. The molecule has 1 saturated heterocycles. The van der Waals surface area contributed by atoms with Crippen LogP contribution in [0.1, 0.15) is 0 Å². The summed E-state index contributed by atoms with van der Waals surface area (Å²) in [7, 11) is 2.53. The first-order valence-corrected chi connectivity index (χ1v) is 14.1. The maximum absolute atomic E-state index is 6.49. The summed E-state index contributed by atoms with van der Waals surface area (Å²) in [6, 6.07) is 0. The highest BCUT2D eigenvalue weighted by atomic mass is 35.6. The van der Waals surface area contributed by atoms with Crippen molar-refractivity contribution in [3.8, 4) is 0 Å². The molecule has 6 heteroatoms. The lowest BCUT2D eigenvalue weighted by molar-refractivity contribution is 0.526. The molecule has 0 aromatic heterocycles. The number of hydrogen-bond donors (Lipinski definition) is 0. The molecule has 1 fully saturated rings. The number of nitrogens with zero attached hydrogens (tertiary/aromatic N) is 2. The summed E-state index contributed by atoms with van der Waals surface area (Å²) in [5.74, 6) is 0. The van der Waals surface area contributed by atoms with Gasteiger partial charge in [-0.05, 0) is 27.2 Å². The topological polar surface area (TPSA) is 6.48 Å². The highest BCUT2D eigenvalue weighted by Crippen LogP contribution is 2.33. The molecule has 0 radical (unpaired) electrons. The van der Waals surface area contributed by atoms with E-state index in [-0.39, 0.29) is 0 Å². The Morgan fingerprint density at radius 1 is 1.17 bits per heavy atom. The molecule has 0 aromatic rings. The van der Waals surface area contributed by atoms with E-state index in [2.05, 4.69) is 48.7 Å². The Labute approximate surface area is 83.9 Å². The number of halogens is 1. The van der Waals surface area contributed by atoms with E-state index >= 15 is 0 Å². The van der Waals surface area contributed by atoms with Gasteiger partial charge in [0.2, 0.25) is 0 Å². The fraction of sp³-hybridized carbons (Fsp3) is 1.00. The zero-order chi connectivity index (χ0) is 9.73. The number of hydrogen-bond acceptors (Lipinski definition) is 2. The van der Waals surface area contributed by atoms with E-state index < -0.39 is 23.9 Å². The molecular formula is C6H19ClN2Si3. The van der Waals surface area contributed by atoms with Gasteiger partial charge in [-0.15, -0.1) is 0 Å². The smallest absolute Gasteiger partial charge is 0.187 e. The average molecular weight is 239 g/mol. The van der Waals surface area contributed by atoms with E-state index in [9.17, 15) is 0 Å². The van der Waals surface area contributed by atoms with Gasteiger partial charge in [0.15, 0.2) is 23.9 Å². The van der Waals surface area contributed by atoms with Gasteiger partial charge in [-0.1, -0.05) is 13.1 Å². The van der Waals surface area contributed by atoms with E-state index in [0.717, 1.165) is 0 Å². The van der Waals surface area contributed by atoms with Crippen LogP contribution < -0.4 is 0 Å². The third kappa shape index (κ3) is 1.46. The maximum Gasteiger partial charge on any atom is 0.187 e. The van der Waals surface area contributed by atoms with Crippen molar-refractivity contribution < 1.29 is 0 Å². The molecule has 0 bridgehead atoms. The SMILES string of the molecule is CN1[SiH]([Si](C)(C)Cl)N(C)[Si]1(C)C. The van der Waals surface area contributed by atoms with Crippen molar-refractivity contribution in [3.05, 3.63) is 0 Å². The average Bonchev–Trinajstić information content (AvgIpc) is 1.85. The van der Waals surface area contributed by atoms with Gasteiger partial charge in [0, 0.05) is 0 Å². The Kier molecular flexibility index (Phi) is 2.67. The molecular weight excluding hydrogens is 220 g/mol. The van der Waals surface area contributed by atoms with Gasteiger partial charge in [-0.2, -0.15) is 11.1 Å². The molecule has 0 aromatic carbocycles. The van der Waals surface area contributed by atoms with Crippen LogP contribution in [0.3, 0.4) is 0 Å². The van der Waals surface area contributed by atoms with Gasteiger partial charge in [0.25, 0.3) is 0 Å². The molecule has 0 saturated carbocycles. The molecule has 0 aliphatic carbocycles. The summed E-state index contributed by atoms with van der Waals surface area (Å²) in [5, 5.41) is 0. The maximum atomic E-state index is 6.49. The predicted molar refractivity (Wildman–Crippen MR) is 63.5 cm³/mol. The predicted octanol–water partition coefficient (Wildman–Crippen LogP) is 1.31. The molecule has 12 heavy (non-hydrogen) atoms. The Morgan fingerprint density at radius 2 is 1.50 bits per heavy atom. The van der Waals surface area contributed by atoms with Crippen LogP contribution in [0.5, 0.6) is 0 Å². The summed E-state index contributed by atoms with van der Waals surface area (Å²) < 4.78 is 5.29. The standard InChI is InChI=1S/C6H19ClN2Si3/c1-8-10(11(3,4)7)9(2)12(8,5)6/h10H,1-6H3. The van der Waals surface area contributed by atoms with Crippen molar-refractivity contribution in [2.24, 2.45) is 0 Å². The van der Waals surface area contributed by atoms with Crippen LogP contribution >= 0.6 is 11.1 Å². The minimum atomic E-state index is -1.39. The number of rotatable bonds is 1. The van der Waals surface area contributed by atoms with Crippen LogP contribution in [0.25, 0.3) is 0 Å². The third-order valence-corrected chi connectivity index (χ3v) is 23.8. The fourth-order valence-corrected chi connectivity index (χ4v) is 32.1. The summed E-state index contributed by atoms with van der Waals surface area (Å²) in [6.07, 6.45) is 0. The second-order valence-corrected chi connectivity index (χ2v) is 25.4. The molecule has 0 spiro atoms. The fourth-order valence-electron chi connectivity index (χ4n) is 1.97. The largest absolute Gasteiger partial charge is 0.329 e. The molecule has 0 unspecified atom stereocenters. The van der Waals surface area contributed by atoms with E-state index in [4.69, 9.17) is 11.1 Å². The van der Waals surface area contributed by atoms with Gasteiger partial charge < -0.3 is 8.46 Å². The van der Waals surface area contributed by atoms with Crippen molar-refractivity contribution in [2.45, 2.75) is 26.2 Å². The van der Waals surface area contributed by atoms with Crippen LogP contribution in [0.2, 0.25) is 26.2 Å². The molecule has 1 heterocycles. The molecule has 1 aliphatic rings. The molecule has 0 amide bonds. The van der Waals surface area contributed by atoms with Gasteiger partial charge in [-0.3, -0.25) is 0 Å². The van der Waals surface area contributed by atoms with Crippen LogP contribution in [-0.4, -0.2) is 46.5 Å². The zero-order valence-corrected chi connectivity index (χ0v) is 12.8. The van der Waals surface area contributed by atoms with Crippen molar-refractivity contribution >= 4 is 35.0 Å². The first-order valence-electron chi connectivity index (χ1n) is 4.34. The second kappa shape index (κ2) is 2.93. The van der Waals surface area contributed by atoms with Crippen LogP contribution in [-0.2, 0) is 0 Å². The van der Waals surface area contributed by atoms with Crippen molar-refractivity contribution in [1.29, 1.82) is 0 Å². The quantitative estimate of drug-likeness (QED) is 0.502. The second-order valence-electron chi connectivity index (χ2n) is 4.65. The van der Waals surface area contributed by atoms with Crippen LogP contribution in [0.4, 0.5) is 0 Å². The van der Waals surface area contributed by atoms with Gasteiger partial charge in [0.05, 0.1) is 0 Å². The zero-order valence-electron chi connectivity index (χ0n) is 8.85. The summed E-state index contributed by atoms with van der Waals surface area (Å²) >= 11 is 6.49. The molecule has 0 atom stereocenters. The van der Waals surface area contributed by atoms with Gasteiger partial charge in [0.1, 0.15) is 0 Å². The van der Waals surface area contributed by atoms with Gasteiger partial charge in [-0.25, -0.2) is 0 Å². The lowest BCUT2D eigenvalue weighted by atomic mass is 11.6. The minimum absolute atomic E-state index is 0.870. The lowest BCUT2D eigenvalue weighted by Gasteiger charge is -2.62. The Bertz CT molecular complexity index is 180. The summed E-state index contributed by atoms with van der Waals surface area (Å²) in [4.78, 5) is 0. The van der Waals surface area contributed by atoms with Gasteiger partial charge >= 0.3 is 0 Å². The Balaban J connectivity index is 2.76. The first-order chi connectivity index (χ1) is 5.19. The summed E-state index contributed by atoms with van der Waals surface area (Å²) in [5.41, 5.74) is 0. The van der Waals surface area contributed by atoms with E-state index in [1.54, 1.807) is 0 Å². The highest BCUT2D eigenvalue weighted by molar-refractivity contribution is 7.54. The van der Waals surface area contributed by atoms with Crippen LogP contribution in [0, 0.1) is 0 Å². The Hall–Kier alpha value is 0.861. The molecule has 1 aliphatic heterocycles. The van der Waals surface area contributed by atoms with Crippen LogP contribution in [0.15, 0.2) is 0 Å². The molecule has 72 valence electrons. The van der Waals surface area contributed by atoms with Crippen molar-refractivity contribution in [1.82, 2.24) is 8.46 Å². The first kappa shape index (κ1) is 10.9. The monoisotopic (exact) mass is 238 g/mol. The molecule has 1 rings (SSSR count). The van der Waals surface area contributed by atoms with E-state index in [1.165, 1.54) is 0 Å². The molecule has 2 nitrogen and oxygen atoms in total. The van der Waals surface area contributed by atoms with E-state index in [1.807, 2.05) is 0 Å². The Morgan fingerprint density at radius 3 is 1.67 bits per heavy atom. The van der Waals surface area contributed by atoms with E-state index in [0.29, 0.717) is 0 Å². The third-order valence-electron chi connectivity index (χ3n) is 3.07. The summed E-state index contributed by atoms with van der Waals surface area (Å²) in [6.45, 7) is 7.96.